The molecule has 0 bridgehead atoms. The normalized spacial score (nSPS) is 15.9. The molecule has 1 saturated heterocycles. The minimum absolute atomic E-state index is 0.210. The fraction of sp³-hybridized carbons (Fsp3) is 0.304. The number of nitrogens with zero attached hydrogens (tertiary/aromatic N) is 4. The third-order valence-electron chi connectivity index (χ3n) is 5.78. The summed E-state index contributed by atoms with van der Waals surface area (Å²) in [4.78, 5) is 15.3. The molecule has 1 fully saturated rings. The predicted molar refractivity (Wildman–Crippen MR) is 111 cm³/mol. The van der Waals surface area contributed by atoms with Gasteiger partial charge in [0.1, 0.15) is 17.2 Å². The summed E-state index contributed by atoms with van der Waals surface area (Å²) < 4.78 is 15.6. The Bertz CT molecular complexity index is 1080. The van der Waals surface area contributed by atoms with Crippen molar-refractivity contribution in [1.29, 1.82) is 0 Å². The molecule has 148 valence electrons. The number of nitrogens with one attached hydrogen (secondary N) is 1. The van der Waals surface area contributed by atoms with Crippen molar-refractivity contribution in [3.63, 3.8) is 0 Å². The zero-order valence-corrected chi connectivity index (χ0v) is 16.3. The number of hydrogen-bond acceptors (Lipinski definition) is 3. The van der Waals surface area contributed by atoms with Gasteiger partial charge in [0, 0.05) is 50.2 Å². The molecule has 29 heavy (non-hydrogen) atoms. The van der Waals surface area contributed by atoms with Crippen LogP contribution in [0, 0.1) is 5.82 Å². The summed E-state index contributed by atoms with van der Waals surface area (Å²) in [6.07, 6.45) is 6.63. The van der Waals surface area contributed by atoms with Crippen molar-refractivity contribution in [2.75, 3.05) is 13.1 Å². The van der Waals surface area contributed by atoms with E-state index in [4.69, 9.17) is 4.98 Å². The Morgan fingerprint density at radius 1 is 1.03 bits per heavy atom. The Labute approximate surface area is 169 Å². The van der Waals surface area contributed by atoms with Gasteiger partial charge in [0.25, 0.3) is 0 Å². The molecule has 0 saturated carbocycles. The monoisotopic (exact) mass is 389 g/mol. The van der Waals surface area contributed by atoms with E-state index in [1.807, 2.05) is 42.7 Å². The summed E-state index contributed by atoms with van der Waals surface area (Å²) in [5, 5.41) is 0. The molecular formula is C23H24FN5. The second-order valence-electron chi connectivity index (χ2n) is 7.75. The predicted octanol–water partition coefficient (Wildman–Crippen LogP) is 4.33. The molecule has 4 heterocycles. The number of imidazole rings is 1. The summed E-state index contributed by atoms with van der Waals surface area (Å²) in [5.74, 6) is 0.798. The summed E-state index contributed by atoms with van der Waals surface area (Å²) in [7, 11) is 0. The van der Waals surface area contributed by atoms with E-state index in [1.165, 1.54) is 17.8 Å². The van der Waals surface area contributed by atoms with E-state index in [0.29, 0.717) is 12.5 Å². The van der Waals surface area contributed by atoms with E-state index in [1.54, 1.807) is 0 Å². The number of fused-ring (bicyclic) bond motifs is 1. The molecule has 1 aromatic carbocycles. The highest BCUT2D eigenvalue weighted by molar-refractivity contribution is 5.71. The van der Waals surface area contributed by atoms with Gasteiger partial charge in [-0.25, -0.2) is 14.4 Å². The van der Waals surface area contributed by atoms with Crippen LogP contribution >= 0.6 is 0 Å². The van der Waals surface area contributed by atoms with E-state index in [-0.39, 0.29) is 5.82 Å². The first kappa shape index (κ1) is 18.1. The smallest absolute Gasteiger partial charge is 0.160 e. The summed E-state index contributed by atoms with van der Waals surface area (Å²) in [5.41, 5.74) is 4.20. The zero-order chi connectivity index (χ0) is 19.6. The van der Waals surface area contributed by atoms with Crippen LogP contribution in [0.15, 0.2) is 60.9 Å². The first-order valence-electron chi connectivity index (χ1n) is 10.2. The van der Waals surface area contributed by atoms with Crippen molar-refractivity contribution < 1.29 is 4.39 Å². The van der Waals surface area contributed by atoms with Crippen LogP contribution < -0.4 is 0 Å². The maximum Gasteiger partial charge on any atom is 0.160 e. The fourth-order valence-corrected chi connectivity index (χ4v) is 4.31. The molecule has 0 aliphatic carbocycles. The SMILES string of the molecule is Fc1ccc(Cc2nc3cccnc3n2C2CCN(Cc3ccc[nH]3)CC2)cc1. The van der Waals surface area contributed by atoms with Crippen LogP contribution in [-0.2, 0) is 13.0 Å². The lowest BCUT2D eigenvalue weighted by Gasteiger charge is -2.33. The van der Waals surface area contributed by atoms with Crippen molar-refractivity contribution in [2.45, 2.75) is 31.8 Å². The van der Waals surface area contributed by atoms with Crippen LogP contribution in [0.3, 0.4) is 0 Å². The van der Waals surface area contributed by atoms with Gasteiger partial charge in [0.05, 0.1) is 0 Å². The van der Waals surface area contributed by atoms with Crippen LogP contribution in [0.1, 0.15) is 36.0 Å². The summed E-state index contributed by atoms with van der Waals surface area (Å²) in [6, 6.07) is 15.2. The Morgan fingerprint density at radius 3 is 2.62 bits per heavy atom. The number of likely N-dealkylation sites (tertiary alicyclic amines) is 1. The van der Waals surface area contributed by atoms with Gasteiger partial charge in [-0.2, -0.15) is 0 Å². The number of piperidine rings is 1. The molecule has 0 radical (unpaired) electrons. The van der Waals surface area contributed by atoms with Crippen LogP contribution in [0.2, 0.25) is 0 Å². The van der Waals surface area contributed by atoms with Gasteiger partial charge >= 0.3 is 0 Å². The maximum atomic E-state index is 13.3. The Hall–Kier alpha value is -2.99. The minimum atomic E-state index is -0.210. The second kappa shape index (κ2) is 7.79. The molecule has 0 amide bonds. The maximum absolute atomic E-state index is 13.3. The van der Waals surface area contributed by atoms with E-state index in [9.17, 15) is 4.39 Å². The Balaban J connectivity index is 1.39. The number of rotatable bonds is 5. The lowest BCUT2D eigenvalue weighted by molar-refractivity contribution is 0.178. The van der Waals surface area contributed by atoms with Gasteiger partial charge in [0.15, 0.2) is 5.65 Å². The number of halogens is 1. The van der Waals surface area contributed by atoms with Gasteiger partial charge in [-0.05, 0) is 54.8 Å². The number of H-pyrrole nitrogens is 1. The highest BCUT2D eigenvalue weighted by Crippen LogP contribution is 2.29. The van der Waals surface area contributed by atoms with Crippen LogP contribution in [0.5, 0.6) is 0 Å². The standard InChI is InChI=1S/C23H24FN5/c24-18-7-5-17(6-8-18)15-22-27-21-4-2-12-26-23(21)29(22)20-9-13-28(14-10-20)16-19-3-1-11-25-19/h1-8,11-12,20,25H,9-10,13-16H2. The van der Waals surface area contributed by atoms with Crippen molar-refractivity contribution >= 4 is 11.2 Å². The quantitative estimate of drug-likeness (QED) is 0.553. The highest BCUT2D eigenvalue weighted by atomic mass is 19.1. The third-order valence-corrected chi connectivity index (χ3v) is 5.78. The number of aromatic nitrogens is 4. The number of aromatic amines is 1. The zero-order valence-electron chi connectivity index (χ0n) is 16.3. The van der Waals surface area contributed by atoms with Crippen molar-refractivity contribution in [3.05, 3.63) is 83.8 Å². The van der Waals surface area contributed by atoms with Gasteiger partial charge in [-0.1, -0.05) is 12.1 Å². The molecule has 0 spiro atoms. The van der Waals surface area contributed by atoms with E-state index < -0.39 is 0 Å². The summed E-state index contributed by atoms with van der Waals surface area (Å²) >= 11 is 0. The van der Waals surface area contributed by atoms with Gasteiger partial charge in [-0.15, -0.1) is 0 Å². The average Bonchev–Trinajstić information content (AvgIpc) is 3.38. The molecule has 5 nitrogen and oxygen atoms in total. The van der Waals surface area contributed by atoms with Gasteiger partial charge < -0.3 is 9.55 Å². The van der Waals surface area contributed by atoms with Crippen LogP contribution in [0.4, 0.5) is 4.39 Å². The molecule has 1 N–H and O–H groups in total. The first-order chi connectivity index (χ1) is 14.3. The van der Waals surface area contributed by atoms with E-state index in [2.05, 4.69) is 25.5 Å². The van der Waals surface area contributed by atoms with E-state index >= 15 is 0 Å². The van der Waals surface area contributed by atoms with Gasteiger partial charge in [0.2, 0.25) is 0 Å². The highest BCUT2D eigenvalue weighted by Gasteiger charge is 2.25. The molecule has 3 aromatic heterocycles. The number of pyridine rings is 1. The lowest BCUT2D eigenvalue weighted by Crippen LogP contribution is -2.34. The average molecular weight is 389 g/mol. The lowest BCUT2D eigenvalue weighted by atomic mass is 10.0. The second-order valence-corrected chi connectivity index (χ2v) is 7.75. The Kier molecular flexibility index (Phi) is 4.86. The van der Waals surface area contributed by atoms with E-state index in [0.717, 1.165) is 55.0 Å². The molecule has 0 atom stereocenters. The first-order valence-corrected chi connectivity index (χ1v) is 10.2. The van der Waals surface area contributed by atoms with Crippen molar-refractivity contribution in [3.8, 4) is 0 Å². The van der Waals surface area contributed by atoms with Gasteiger partial charge in [-0.3, -0.25) is 4.90 Å². The molecule has 4 aromatic rings. The summed E-state index contributed by atoms with van der Waals surface area (Å²) in [6.45, 7) is 3.06. The minimum Gasteiger partial charge on any atom is -0.364 e. The fourth-order valence-electron chi connectivity index (χ4n) is 4.31. The molecular weight excluding hydrogens is 365 g/mol. The van der Waals surface area contributed by atoms with Crippen LogP contribution in [0.25, 0.3) is 11.2 Å². The molecule has 6 heteroatoms. The molecule has 1 aliphatic heterocycles. The largest absolute Gasteiger partial charge is 0.364 e. The molecule has 0 unspecified atom stereocenters. The number of benzene rings is 1. The van der Waals surface area contributed by atoms with Crippen molar-refractivity contribution in [1.82, 2.24) is 24.4 Å². The van der Waals surface area contributed by atoms with Crippen molar-refractivity contribution in [2.24, 2.45) is 0 Å². The van der Waals surface area contributed by atoms with Crippen LogP contribution in [-0.4, -0.2) is 37.5 Å². The Morgan fingerprint density at radius 2 is 1.86 bits per heavy atom. The molecule has 1 aliphatic rings. The number of hydrogen-bond donors (Lipinski definition) is 1. The topological polar surface area (TPSA) is 49.7 Å². The molecule has 5 rings (SSSR count). The third kappa shape index (κ3) is 3.80.